The summed E-state index contributed by atoms with van der Waals surface area (Å²) in [5.74, 6) is 2.81. The average molecular weight is 251 g/mol. The van der Waals surface area contributed by atoms with Crippen LogP contribution in [0.5, 0.6) is 0 Å². The quantitative estimate of drug-likeness (QED) is 0.668. The highest BCUT2D eigenvalue weighted by Gasteiger charge is 2.38. The molecule has 0 aromatic carbocycles. The molecule has 1 saturated heterocycles. The number of amides is 1. The molecule has 1 aliphatic rings. The van der Waals surface area contributed by atoms with Crippen LogP contribution in [0.4, 0.5) is 4.79 Å². The van der Waals surface area contributed by atoms with E-state index in [1.54, 1.807) is 0 Å². The van der Waals surface area contributed by atoms with Crippen LogP contribution in [0.2, 0.25) is 0 Å². The number of carbonyl (C=O) groups is 1. The Balaban J connectivity index is 2.84. The van der Waals surface area contributed by atoms with Gasteiger partial charge in [0.15, 0.2) is 0 Å². The van der Waals surface area contributed by atoms with E-state index in [4.69, 9.17) is 11.2 Å². The van der Waals surface area contributed by atoms with E-state index in [-0.39, 0.29) is 17.6 Å². The Kier molecular flexibility index (Phi) is 4.32. The minimum Gasteiger partial charge on any atom is -0.444 e. The van der Waals surface area contributed by atoms with Gasteiger partial charge >= 0.3 is 6.09 Å². The van der Waals surface area contributed by atoms with Crippen LogP contribution in [0.15, 0.2) is 0 Å². The number of nitrogens with zero attached hydrogens (tertiary/aromatic N) is 1. The molecule has 3 heteroatoms. The highest BCUT2D eigenvalue weighted by Crippen LogP contribution is 2.32. The minimum atomic E-state index is -0.459. The van der Waals surface area contributed by atoms with Crippen molar-refractivity contribution in [2.75, 3.05) is 6.54 Å². The monoisotopic (exact) mass is 251 g/mol. The van der Waals surface area contributed by atoms with E-state index in [2.05, 4.69) is 5.92 Å². The summed E-state index contributed by atoms with van der Waals surface area (Å²) >= 11 is 0. The molecule has 18 heavy (non-hydrogen) atoms. The molecule has 0 aromatic heterocycles. The maximum absolute atomic E-state index is 12.2. The maximum Gasteiger partial charge on any atom is 0.410 e. The van der Waals surface area contributed by atoms with Crippen LogP contribution in [0.25, 0.3) is 0 Å². The van der Waals surface area contributed by atoms with Crippen molar-refractivity contribution in [1.29, 1.82) is 0 Å². The minimum absolute atomic E-state index is 0.0751. The highest BCUT2D eigenvalue weighted by atomic mass is 16.6. The Labute approximate surface area is 111 Å². The van der Waals surface area contributed by atoms with Gasteiger partial charge in [-0.05, 0) is 53.9 Å². The van der Waals surface area contributed by atoms with Crippen molar-refractivity contribution < 1.29 is 9.53 Å². The van der Waals surface area contributed by atoms with E-state index >= 15 is 0 Å². The Morgan fingerprint density at radius 3 is 2.39 bits per heavy atom. The summed E-state index contributed by atoms with van der Waals surface area (Å²) < 4.78 is 5.47. The molecule has 0 radical (unpaired) electrons. The second-order valence-electron chi connectivity index (χ2n) is 6.55. The smallest absolute Gasteiger partial charge is 0.410 e. The molecule has 0 bridgehead atoms. The standard InChI is InChI=1S/C15H25NO2/c1-7-15(5,6)12-10-8-9-11-16(12)13(17)18-14(2,3)4/h1,12H,8-11H2,2-6H3. The normalized spacial score (nSPS) is 21.3. The summed E-state index contributed by atoms with van der Waals surface area (Å²) in [4.78, 5) is 14.0. The van der Waals surface area contributed by atoms with E-state index in [0.29, 0.717) is 0 Å². The van der Waals surface area contributed by atoms with Gasteiger partial charge in [-0.3, -0.25) is 0 Å². The Morgan fingerprint density at radius 1 is 1.28 bits per heavy atom. The third-order valence-electron chi connectivity index (χ3n) is 3.34. The largest absolute Gasteiger partial charge is 0.444 e. The molecular formula is C15H25NO2. The van der Waals surface area contributed by atoms with Gasteiger partial charge in [-0.15, -0.1) is 6.42 Å². The van der Waals surface area contributed by atoms with Crippen molar-refractivity contribution in [3.05, 3.63) is 0 Å². The second-order valence-corrected chi connectivity index (χ2v) is 6.55. The van der Waals surface area contributed by atoms with Gasteiger partial charge in [0.05, 0.1) is 6.04 Å². The Bertz CT molecular complexity index is 346. The van der Waals surface area contributed by atoms with Crippen LogP contribution in [-0.4, -0.2) is 29.2 Å². The van der Waals surface area contributed by atoms with E-state index < -0.39 is 5.60 Å². The second kappa shape index (κ2) is 5.22. The van der Waals surface area contributed by atoms with Gasteiger partial charge in [0.1, 0.15) is 5.60 Å². The molecule has 1 fully saturated rings. The fourth-order valence-corrected chi connectivity index (χ4v) is 2.32. The van der Waals surface area contributed by atoms with E-state index in [1.165, 1.54) is 0 Å². The molecule has 0 aromatic rings. The number of ether oxygens (including phenoxy) is 1. The lowest BCUT2D eigenvalue weighted by atomic mass is 9.80. The zero-order chi connectivity index (χ0) is 14.0. The van der Waals surface area contributed by atoms with Crippen molar-refractivity contribution in [3.63, 3.8) is 0 Å². The molecule has 3 nitrogen and oxygen atoms in total. The molecule has 0 aliphatic carbocycles. The lowest BCUT2D eigenvalue weighted by Crippen LogP contribution is -2.51. The SMILES string of the molecule is C#CC(C)(C)C1CCCCN1C(=O)OC(C)(C)C. The molecule has 102 valence electrons. The van der Waals surface area contributed by atoms with Crippen LogP contribution in [0.3, 0.4) is 0 Å². The zero-order valence-corrected chi connectivity index (χ0v) is 12.2. The fraction of sp³-hybridized carbons (Fsp3) is 0.800. The van der Waals surface area contributed by atoms with Crippen LogP contribution in [0.1, 0.15) is 53.9 Å². The van der Waals surface area contributed by atoms with Crippen molar-refractivity contribution >= 4 is 6.09 Å². The third kappa shape index (κ3) is 3.66. The summed E-state index contributed by atoms with van der Waals surface area (Å²) in [5.41, 5.74) is -0.767. The number of hydrogen-bond donors (Lipinski definition) is 0. The average Bonchev–Trinajstić information content (AvgIpc) is 2.27. The molecule has 0 N–H and O–H groups in total. The molecule has 1 amide bonds. The van der Waals surface area contributed by atoms with E-state index in [0.717, 1.165) is 25.8 Å². The number of carbonyl (C=O) groups excluding carboxylic acids is 1. The summed E-state index contributed by atoms with van der Waals surface area (Å²) in [6.07, 6.45) is 8.46. The van der Waals surface area contributed by atoms with Crippen LogP contribution >= 0.6 is 0 Å². The van der Waals surface area contributed by atoms with Gasteiger partial charge in [0.25, 0.3) is 0 Å². The molecule has 0 saturated carbocycles. The number of terminal acetylenes is 1. The Morgan fingerprint density at radius 2 is 1.89 bits per heavy atom. The van der Waals surface area contributed by atoms with Crippen LogP contribution < -0.4 is 0 Å². The predicted molar refractivity (Wildman–Crippen MR) is 73.2 cm³/mol. The molecule has 1 aliphatic heterocycles. The summed E-state index contributed by atoms with van der Waals surface area (Å²) in [6.45, 7) is 10.4. The van der Waals surface area contributed by atoms with Crippen molar-refractivity contribution in [2.24, 2.45) is 5.41 Å². The lowest BCUT2D eigenvalue weighted by molar-refractivity contribution is -0.00231. The number of hydrogen-bond acceptors (Lipinski definition) is 2. The van der Waals surface area contributed by atoms with Gasteiger partial charge in [-0.2, -0.15) is 0 Å². The van der Waals surface area contributed by atoms with E-state index in [9.17, 15) is 4.79 Å². The number of piperidine rings is 1. The molecule has 1 heterocycles. The predicted octanol–water partition coefficient (Wildman–Crippen LogP) is 3.44. The number of likely N-dealkylation sites (tertiary alicyclic amines) is 1. The van der Waals surface area contributed by atoms with Crippen molar-refractivity contribution in [3.8, 4) is 12.3 Å². The van der Waals surface area contributed by atoms with Gasteiger partial charge in [0, 0.05) is 12.0 Å². The lowest BCUT2D eigenvalue weighted by Gasteiger charge is -2.42. The first-order valence-corrected chi connectivity index (χ1v) is 6.65. The number of rotatable bonds is 1. The first-order chi connectivity index (χ1) is 8.17. The maximum atomic E-state index is 12.2. The molecule has 1 atom stereocenters. The van der Waals surface area contributed by atoms with E-state index in [1.807, 2.05) is 39.5 Å². The van der Waals surface area contributed by atoms with Crippen LogP contribution in [-0.2, 0) is 4.74 Å². The zero-order valence-electron chi connectivity index (χ0n) is 12.2. The van der Waals surface area contributed by atoms with Gasteiger partial charge in [-0.1, -0.05) is 5.92 Å². The molecular weight excluding hydrogens is 226 g/mol. The molecule has 1 rings (SSSR count). The Hall–Kier alpha value is -1.17. The van der Waals surface area contributed by atoms with Gasteiger partial charge in [-0.25, -0.2) is 4.79 Å². The van der Waals surface area contributed by atoms with Crippen molar-refractivity contribution in [1.82, 2.24) is 4.90 Å². The third-order valence-corrected chi connectivity index (χ3v) is 3.34. The summed E-state index contributed by atoms with van der Waals surface area (Å²) in [7, 11) is 0. The first-order valence-electron chi connectivity index (χ1n) is 6.65. The van der Waals surface area contributed by atoms with Crippen molar-refractivity contribution in [2.45, 2.75) is 65.5 Å². The van der Waals surface area contributed by atoms with Gasteiger partial charge in [0.2, 0.25) is 0 Å². The van der Waals surface area contributed by atoms with Crippen LogP contribution in [0, 0.1) is 17.8 Å². The summed E-state index contributed by atoms with van der Waals surface area (Å²) in [5, 5.41) is 0. The first kappa shape index (κ1) is 14.9. The fourth-order valence-electron chi connectivity index (χ4n) is 2.32. The van der Waals surface area contributed by atoms with Gasteiger partial charge < -0.3 is 9.64 Å². The molecule has 1 unspecified atom stereocenters. The highest BCUT2D eigenvalue weighted by molar-refractivity contribution is 5.69. The topological polar surface area (TPSA) is 29.5 Å². The molecule has 0 spiro atoms. The summed E-state index contributed by atoms with van der Waals surface area (Å²) in [6, 6.07) is 0.0751.